The van der Waals surface area contributed by atoms with Gasteiger partial charge in [-0.15, -0.1) is 0 Å². The van der Waals surface area contributed by atoms with Gasteiger partial charge < -0.3 is 14.6 Å². The Kier molecular flexibility index (Phi) is 5.38. The van der Waals surface area contributed by atoms with Crippen LogP contribution in [0.3, 0.4) is 0 Å². The van der Waals surface area contributed by atoms with Crippen LogP contribution in [0.1, 0.15) is 23.7 Å². The average molecular weight is 279 g/mol. The number of morpholine rings is 1. The van der Waals surface area contributed by atoms with Crippen LogP contribution in [0.4, 0.5) is 0 Å². The van der Waals surface area contributed by atoms with Crippen molar-refractivity contribution in [1.29, 1.82) is 0 Å². The number of nitrogens with zero attached hydrogens (tertiary/aromatic N) is 1. The molecule has 0 saturated carbocycles. The minimum atomic E-state index is -0.165. The van der Waals surface area contributed by atoms with Crippen LogP contribution in [-0.4, -0.2) is 55.2 Å². The maximum Gasteiger partial charge on any atom is 0.163 e. The van der Waals surface area contributed by atoms with Gasteiger partial charge in [-0.05, 0) is 31.5 Å². The summed E-state index contributed by atoms with van der Waals surface area (Å²) in [6, 6.07) is 4.76. The highest BCUT2D eigenvalue weighted by Gasteiger charge is 2.10. The topological polar surface area (TPSA) is 59.0 Å². The fourth-order valence-corrected chi connectivity index (χ4v) is 2.19. The molecule has 1 heterocycles. The Bertz CT molecular complexity index is 455. The van der Waals surface area contributed by atoms with E-state index in [2.05, 4.69) is 4.90 Å². The van der Waals surface area contributed by atoms with Crippen molar-refractivity contribution >= 4 is 5.78 Å². The van der Waals surface area contributed by atoms with Gasteiger partial charge in [0.05, 0.1) is 25.4 Å². The third-order valence-corrected chi connectivity index (χ3v) is 3.34. The zero-order valence-corrected chi connectivity index (χ0v) is 11.8. The van der Waals surface area contributed by atoms with E-state index in [1.165, 1.54) is 13.0 Å². The van der Waals surface area contributed by atoms with Crippen LogP contribution in [-0.2, 0) is 4.74 Å². The second-order valence-electron chi connectivity index (χ2n) is 4.89. The summed E-state index contributed by atoms with van der Waals surface area (Å²) in [7, 11) is 0. The number of ether oxygens (including phenoxy) is 2. The SMILES string of the molecule is CC(=O)c1cc(OCCCN2CCOCC2)ccc1O. The molecule has 1 aromatic rings. The molecule has 1 aromatic carbocycles. The van der Waals surface area contributed by atoms with E-state index in [0.717, 1.165) is 39.3 Å². The third kappa shape index (κ3) is 4.21. The molecule has 0 unspecified atom stereocenters. The summed E-state index contributed by atoms with van der Waals surface area (Å²) in [6.07, 6.45) is 0.927. The number of hydrogen-bond donors (Lipinski definition) is 1. The standard InChI is InChI=1S/C15H21NO4/c1-12(17)14-11-13(3-4-15(14)18)20-8-2-5-16-6-9-19-10-7-16/h3-4,11,18H,2,5-10H2,1H3. The number of carbonyl (C=O) groups excluding carboxylic acids is 1. The molecular weight excluding hydrogens is 258 g/mol. The predicted octanol–water partition coefficient (Wildman–Crippen LogP) is 1.70. The zero-order chi connectivity index (χ0) is 14.4. The van der Waals surface area contributed by atoms with Crippen molar-refractivity contribution in [2.75, 3.05) is 39.5 Å². The second kappa shape index (κ2) is 7.26. The van der Waals surface area contributed by atoms with E-state index in [-0.39, 0.29) is 11.5 Å². The largest absolute Gasteiger partial charge is 0.507 e. The van der Waals surface area contributed by atoms with Crippen LogP contribution in [0.25, 0.3) is 0 Å². The molecule has 20 heavy (non-hydrogen) atoms. The summed E-state index contributed by atoms with van der Waals surface area (Å²) < 4.78 is 10.9. The molecule has 0 radical (unpaired) electrons. The number of phenols is 1. The van der Waals surface area contributed by atoms with Crippen LogP contribution in [0.5, 0.6) is 11.5 Å². The Morgan fingerprint density at radius 1 is 1.40 bits per heavy atom. The highest BCUT2D eigenvalue weighted by molar-refractivity contribution is 5.97. The van der Waals surface area contributed by atoms with Crippen LogP contribution >= 0.6 is 0 Å². The summed E-state index contributed by atoms with van der Waals surface area (Å²) >= 11 is 0. The van der Waals surface area contributed by atoms with Crippen LogP contribution < -0.4 is 4.74 Å². The van der Waals surface area contributed by atoms with Gasteiger partial charge >= 0.3 is 0 Å². The lowest BCUT2D eigenvalue weighted by Crippen LogP contribution is -2.37. The molecule has 1 aliphatic rings. The number of rotatable bonds is 6. The molecule has 0 bridgehead atoms. The van der Waals surface area contributed by atoms with Gasteiger partial charge in [-0.1, -0.05) is 0 Å². The highest BCUT2D eigenvalue weighted by atomic mass is 16.5. The van der Waals surface area contributed by atoms with E-state index >= 15 is 0 Å². The van der Waals surface area contributed by atoms with Gasteiger partial charge in [0.25, 0.3) is 0 Å². The number of phenolic OH excluding ortho intramolecular Hbond substituents is 1. The molecular formula is C15H21NO4. The predicted molar refractivity (Wildman–Crippen MR) is 75.5 cm³/mol. The molecule has 0 spiro atoms. The lowest BCUT2D eigenvalue weighted by Gasteiger charge is -2.26. The first-order valence-corrected chi connectivity index (χ1v) is 6.93. The molecule has 1 saturated heterocycles. The van der Waals surface area contributed by atoms with Crippen molar-refractivity contribution in [1.82, 2.24) is 4.90 Å². The van der Waals surface area contributed by atoms with Crippen molar-refractivity contribution in [2.45, 2.75) is 13.3 Å². The van der Waals surface area contributed by atoms with Gasteiger partial charge in [-0.2, -0.15) is 0 Å². The smallest absolute Gasteiger partial charge is 0.163 e. The van der Waals surface area contributed by atoms with E-state index in [4.69, 9.17) is 9.47 Å². The van der Waals surface area contributed by atoms with Crippen molar-refractivity contribution < 1.29 is 19.4 Å². The summed E-state index contributed by atoms with van der Waals surface area (Å²) in [5, 5.41) is 9.55. The van der Waals surface area contributed by atoms with Crippen molar-refractivity contribution in [3.63, 3.8) is 0 Å². The highest BCUT2D eigenvalue weighted by Crippen LogP contribution is 2.23. The van der Waals surface area contributed by atoms with E-state index < -0.39 is 0 Å². The summed E-state index contributed by atoms with van der Waals surface area (Å²) in [5.74, 6) is 0.453. The van der Waals surface area contributed by atoms with Gasteiger partial charge in [-0.25, -0.2) is 0 Å². The first-order valence-electron chi connectivity index (χ1n) is 6.93. The van der Waals surface area contributed by atoms with Gasteiger partial charge in [0.15, 0.2) is 5.78 Å². The number of ketones is 1. The van der Waals surface area contributed by atoms with E-state index in [0.29, 0.717) is 17.9 Å². The van der Waals surface area contributed by atoms with Crippen LogP contribution in [0, 0.1) is 0 Å². The maximum absolute atomic E-state index is 11.3. The fourth-order valence-electron chi connectivity index (χ4n) is 2.19. The molecule has 110 valence electrons. The maximum atomic E-state index is 11.3. The number of aromatic hydroxyl groups is 1. The Morgan fingerprint density at radius 3 is 2.85 bits per heavy atom. The summed E-state index contributed by atoms with van der Waals surface area (Å²) in [5.41, 5.74) is 0.302. The van der Waals surface area contributed by atoms with Gasteiger partial charge in [0.1, 0.15) is 11.5 Å². The minimum Gasteiger partial charge on any atom is -0.507 e. The van der Waals surface area contributed by atoms with E-state index in [1.807, 2.05) is 0 Å². The lowest BCUT2D eigenvalue weighted by atomic mass is 10.1. The molecule has 1 N–H and O–H groups in total. The average Bonchev–Trinajstić information content (AvgIpc) is 2.46. The Hall–Kier alpha value is -1.59. The molecule has 2 rings (SSSR count). The third-order valence-electron chi connectivity index (χ3n) is 3.34. The number of benzene rings is 1. The number of hydrogen-bond acceptors (Lipinski definition) is 5. The molecule has 0 aliphatic carbocycles. The summed E-state index contributed by atoms with van der Waals surface area (Å²) in [4.78, 5) is 13.7. The Labute approximate surface area is 119 Å². The van der Waals surface area contributed by atoms with Crippen molar-refractivity contribution in [3.8, 4) is 11.5 Å². The minimum absolute atomic E-state index is 0.00170. The quantitative estimate of drug-likeness (QED) is 0.634. The van der Waals surface area contributed by atoms with Gasteiger partial charge in [0.2, 0.25) is 0 Å². The van der Waals surface area contributed by atoms with E-state index in [1.54, 1.807) is 12.1 Å². The molecule has 0 aromatic heterocycles. The Morgan fingerprint density at radius 2 is 2.15 bits per heavy atom. The lowest BCUT2D eigenvalue weighted by molar-refractivity contribution is 0.0358. The fraction of sp³-hybridized carbons (Fsp3) is 0.533. The Balaban J connectivity index is 1.76. The van der Waals surface area contributed by atoms with Gasteiger partial charge in [0, 0.05) is 19.6 Å². The first kappa shape index (κ1) is 14.8. The van der Waals surface area contributed by atoms with Crippen molar-refractivity contribution in [2.24, 2.45) is 0 Å². The van der Waals surface area contributed by atoms with Crippen LogP contribution in [0.15, 0.2) is 18.2 Å². The summed E-state index contributed by atoms with van der Waals surface area (Å²) in [6.45, 7) is 6.58. The number of Topliss-reactive ketones (excluding diaryl/α,β-unsaturated/α-hetero) is 1. The second-order valence-corrected chi connectivity index (χ2v) is 4.89. The van der Waals surface area contributed by atoms with Crippen LogP contribution in [0.2, 0.25) is 0 Å². The monoisotopic (exact) mass is 279 g/mol. The van der Waals surface area contributed by atoms with Crippen molar-refractivity contribution in [3.05, 3.63) is 23.8 Å². The van der Waals surface area contributed by atoms with E-state index in [9.17, 15) is 9.90 Å². The van der Waals surface area contributed by atoms with Gasteiger partial charge in [-0.3, -0.25) is 9.69 Å². The molecule has 5 nitrogen and oxygen atoms in total. The molecule has 1 fully saturated rings. The molecule has 5 heteroatoms. The molecule has 1 aliphatic heterocycles. The molecule has 0 amide bonds. The normalized spacial score (nSPS) is 16.1. The zero-order valence-electron chi connectivity index (χ0n) is 11.8. The number of carbonyl (C=O) groups is 1. The first-order chi connectivity index (χ1) is 9.66. The molecule has 0 atom stereocenters.